The molecule has 0 spiro atoms. The molecule has 1 fully saturated rings. The summed E-state index contributed by atoms with van der Waals surface area (Å²) < 4.78 is 37.6. The lowest BCUT2D eigenvalue weighted by atomic mass is 10.2. The van der Waals surface area contributed by atoms with E-state index in [0.29, 0.717) is 49.0 Å². The van der Waals surface area contributed by atoms with Crippen LogP contribution in [0, 0.1) is 11.6 Å². The quantitative estimate of drug-likeness (QED) is 0.739. The number of anilines is 2. The molecule has 1 amide bonds. The molecule has 0 radical (unpaired) electrons. The molecule has 4 rings (SSSR count). The Hall–Kier alpha value is -3.27. The zero-order chi connectivity index (χ0) is 21.3. The summed E-state index contributed by atoms with van der Waals surface area (Å²) in [6, 6.07) is 4.08. The molecule has 3 heterocycles. The molecule has 0 aliphatic carbocycles. The highest BCUT2D eigenvalue weighted by Gasteiger charge is 2.24. The first-order valence-electron chi connectivity index (χ1n) is 9.42. The minimum Gasteiger partial charge on any atom is -0.491 e. The highest BCUT2D eigenvalue weighted by molar-refractivity contribution is 5.92. The Kier molecular flexibility index (Phi) is 5.49. The standard InChI is InChI=1S/C20H20F2N4O4/c1-29-20-14(21)7-13(8-15(20)22)26-4-2-25(3-5-26)11-18(27)24-12-6-17-16(23-10-12)9-19(28)30-17/h6-8,10H,2-5,9,11H2,1H3,(H,24,27). The average molecular weight is 418 g/mol. The van der Waals surface area contributed by atoms with Crippen molar-refractivity contribution in [3.05, 3.63) is 41.7 Å². The van der Waals surface area contributed by atoms with E-state index in [0.717, 1.165) is 0 Å². The van der Waals surface area contributed by atoms with Crippen LogP contribution in [-0.4, -0.2) is 61.6 Å². The van der Waals surface area contributed by atoms with E-state index in [1.54, 1.807) is 6.07 Å². The number of aromatic nitrogens is 1. The zero-order valence-electron chi connectivity index (χ0n) is 16.3. The predicted octanol–water partition coefficient (Wildman–Crippen LogP) is 1.59. The normalized spacial score (nSPS) is 16.2. The number of carbonyl (C=O) groups excluding carboxylic acids is 2. The van der Waals surface area contributed by atoms with E-state index in [1.165, 1.54) is 25.4 Å². The fourth-order valence-electron chi connectivity index (χ4n) is 3.55. The van der Waals surface area contributed by atoms with Crippen LogP contribution in [0.2, 0.25) is 0 Å². The first-order valence-corrected chi connectivity index (χ1v) is 9.42. The summed E-state index contributed by atoms with van der Waals surface area (Å²) in [6.45, 7) is 2.32. The number of amides is 1. The third kappa shape index (κ3) is 4.18. The Balaban J connectivity index is 1.30. The molecule has 1 saturated heterocycles. The molecule has 158 valence electrons. The van der Waals surface area contributed by atoms with Gasteiger partial charge in [0.2, 0.25) is 5.91 Å². The molecule has 1 N–H and O–H groups in total. The first kappa shape index (κ1) is 20.0. The van der Waals surface area contributed by atoms with Crippen molar-refractivity contribution >= 4 is 23.3 Å². The van der Waals surface area contributed by atoms with Gasteiger partial charge in [-0.2, -0.15) is 0 Å². The minimum absolute atomic E-state index is 0.135. The number of halogens is 2. The number of rotatable bonds is 5. The van der Waals surface area contributed by atoms with Gasteiger partial charge in [-0.05, 0) is 0 Å². The van der Waals surface area contributed by atoms with Crippen molar-refractivity contribution in [2.24, 2.45) is 0 Å². The Morgan fingerprint density at radius 3 is 2.57 bits per heavy atom. The number of hydrogen-bond donors (Lipinski definition) is 1. The molecular formula is C20H20F2N4O4. The second-order valence-corrected chi connectivity index (χ2v) is 7.07. The number of fused-ring (bicyclic) bond motifs is 1. The number of carbonyl (C=O) groups is 2. The van der Waals surface area contributed by atoms with Gasteiger partial charge in [-0.3, -0.25) is 19.5 Å². The molecule has 1 aromatic heterocycles. The highest BCUT2D eigenvalue weighted by atomic mass is 19.1. The van der Waals surface area contributed by atoms with Gasteiger partial charge in [0.1, 0.15) is 0 Å². The van der Waals surface area contributed by atoms with Crippen LogP contribution in [0.4, 0.5) is 20.2 Å². The number of benzene rings is 1. The van der Waals surface area contributed by atoms with Gasteiger partial charge < -0.3 is 19.7 Å². The third-order valence-corrected chi connectivity index (χ3v) is 5.04. The van der Waals surface area contributed by atoms with Gasteiger partial charge in [-0.1, -0.05) is 0 Å². The van der Waals surface area contributed by atoms with E-state index in [9.17, 15) is 18.4 Å². The third-order valence-electron chi connectivity index (χ3n) is 5.04. The van der Waals surface area contributed by atoms with Gasteiger partial charge in [0, 0.05) is 50.1 Å². The topological polar surface area (TPSA) is 84.0 Å². The van der Waals surface area contributed by atoms with Crippen LogP contribution in [-0.2, 0) is 16.0 Å². The molecule has 2 aromatic rings. The summed E-state index contributed by atoms with van der Waals surface area (Å²) in [7, 11) is 1.22. The molecular weight excluding hydrogens is 398 g/mol. The van der Waals surface area contributed by atoms with Crippen LogP contribution in [0.3, 0.4) is 0 Å². The van der Waals surface area contributed by atoms with Gasteiger partial charge in [-0.15, -0.1) is 0 Å². The number of pyridine rings is 1. The summed E-state index contributed by atoms with van der Waals surface area (Å²) >= 11 is 0. The summed E-state index contributed by atoms with van der Waals surface area (Å²) in [5, 5.41) is 2.74. The van der Waals surface area contributed by atoms with Crippen LogP contribution in [0.25, 0.3) is 0 Å². The van der Waals surface area contributed by atoms with Crippen LogP contribution >= 0.6 is 0 Å². The minimum atomic E-state index is -0.747. The summed E-state index contributed by atoms with van der Waals surface area (Å²) in [5.74, 6) is -2.12. The van der Waals surface area contributed by atoms with Crippen molar-refractivity contribution in [1.29, 1.82) is 0 Å². The molecule has 0 atom stereocenters. The van der Waals surface area contributed by atoms with Crippen LogP contribution < -0.4 is 19.7 Å². The maximum Gasteiger partial charge on any atom is 0.317 e. The maximum atomic E-state index is 13.9. The largest absolute Gasteiger partial charge is 0.491 e. The molecule has 0 unspecified atom stereocenters. The van der Waals surface area contributed by atoms with E-state index in [1.807, 2.05) is 9.80 Å². The van der Waals surface area contributed by atoms with Crippen molar-refractivity contribution in [2.75, 3.05) is 50.1 Å². The van der Waals surface area contributed by atoms with Crippen LogP contribution in [0.1, 0.15) is 5.69 Å². The van der Waals surface area contributed by atoms with Gasteiger partial charge in [0.15, 0.2) is 23.1 Å². The Labute approximate surface area is 171 Å². The number of esters is 1. The lowest BCUT2D eigenvalue weighted by Crippen LogP contribution is -2.48. The smallest absolute Gasteiger partial charge is 0.317 e. The van der Waals surface area contributed by atoms with E-state index in [4.69, 9.17) is 9.47 Å². The fourth-order valence-corrected chi connectivity index (χ4v) is 3.55. The van der Waals surface area contributed by atoms with E-state index in [-0.39, 0.29) is 24.8 Å². The molecule has 2 aliphatic rings. The van der Waals surface area contributed by atoms with Gasteiger partial charge >= 0.3 is 5.97 Å². The average Bonchev–Trinajstić information content (AvgIpc) is 3.07. The molecule has 8 nitrogen and oxygen atoms in total. The Bertz CT molecular complexity index is 970. The van der Waals surface area contributed by atoms with Crippen molar-refractivity contribution in [3.8, 4) is 11.5 Å². The van der Waals surface area contributed by atoms with Crippen molar-refractivity contribution in [2.45, 2.75) is 6.42 Å². The van der Waals surface area contributed by atoms with Crippen LogP contribution in [0.5, 0.6) is 11.5 Å². The number of nitrogens with zero attached hydrogens (tertiary/aromatic N) is 3. The number of nitrogens with one attached hydrogen (secondary N) is 1. The molecule has 0 bridgehead atoms. The summed E-state index contributed by atoms with van der Waals surface area (Å²) in [5.41, 5.74) is 1.45. The fraction of sp³-hybridized carbons (Fsp3) is 0.350. The maximum absolute atomic E-state index is 13.9. The second-order valence-electron chi connectivity index (χ2n) is 7.07. The number of piperazine rings is 1. The van der Waals surface area contributed by atoms with Gasteiger partial charge in [-0.25, -0.2) is 8.78 Å². The Morgan fingerprint density at radius 1 is 1.20 bits per heavy atom. The zero-order valence-corrected chi connectivity index (χ0v) is 16.3. The monoisotopic (exact) mass is 418 g/mol. The molecule has 30 heavy (non-hydrogen) atoms. The van der Waals surface area contributed by atoms with E-state index < -0.39 is 17.4 Å². The van der Waals surface area contributed by atoms with Gasteiger partial charge in [0.25, 0.3) is 0 Å². The van der Waals surface area contributed by atoms with Crippen molar-refractivity contribution < 1.29 is 27.8 Å². The second kappa shape index (κ2) is 8.23. The van der Waals surface area contributed by atoms with Crippen molar-refractivity contribution in [3.63, 3.8) is 0 Å². The van der Waals surface area contributed by atoms with Crippen molar-refractivity contribution in [1.82, 2.24) is 9.88 Å². The van der Waals surface area contributed by atoms with E-state index in [2.05, 4.69) is 10.3 Å². The number of methoxy groups -OCH3 is 1. The molecule has 1 aromatic carbocycles. The molecule has 0 saturated carbocycles. The summed E-state index contributed by atoms with van der Waals surface area (Å²) in [6.07, 6.45) is 1.62. The molecule has 10 heteroatoms. The lowest BCUT2D eigenvalue weighted by molar-refractivity contribution is -0.131. The van der Waals surface area contributed by atoms with E-state index >= 15 is 0 Å². The SMILES string of the molecule is COc1c(F)cc(N2CCN(CC(=O)Nc3cnc4c(c3)OC(=O)C4)CC2)cc1F. The number of ether oxygens (including phenoxy) is 2. The number of hydrogen-bond acceptors (Lipinski definition) is 7. The first-order chi connectivity index (χ1) is 14.4. The Morgan fingerprint density at radius 2 is 1.90 bits per heavy atom. The molecule has 2 aliphatic heterocycles. The lowest BCUT2D eigenvalue weighted by Gasteiger charge is -2.35. The summed E-state index contributed by atoms with van der Waals surface area (Å²) in [4.78, 5) is 31.6. The van der Waals surface area contributed by atoms with Crippen LogP contribution in [0.15, 0.2) is 24.4 Å². The highest BCUT2D eigenvalue weighted by Crippen LogP contribution is 2.28. The predicted molar refractivity (Wildman–Crippen MR) is 104 cm³/mol. The van der Waals surface area contributed by atoms with Gasteiger partial charge in [0.05, 0.1) is 37.7 Å².